The molecule has 20 heavy (non-hydrogen) atoms. The Morgan fingerprint density at radius 2 is 2.25 bits per heavy atom. The number of fused-ring (bicyclic) bond motifs is 1. The summed E-state index contributed by atoms with van der Waals surface area (Å²) in [5.41, 5.74) is 2.55. The van der Waals surface area contributed by atoms with Gasteiger partial charge in [0.05, 0.1) is 6.04 Å². The second-order valence-electron chi connectivity index (χ2n) is 5.07. The summed E-state index contributed by atoms with van der Waals surface area (Å²) < 4.78 is 1.66. The van der Waals surface area contributed by atoms with Gasteiger partial charge in [0.15, 0.2) is 0 Å². The van der Waals surface area contributed by atoms with Crippen LogP contribution in [0.25, 0.3) is 0 Å². The molecule has 104 valence electrons. The van der Waals surface area contributed by atoms with Crippen LogP contribution in [-0.2, 0) is 13.5 Å². The van der Waals surface area contributed by atoms with Crippen LogP contribution in [0.4, 0.5) is 11.6 Å². The van der Waals surface area contributed by atoms with Crippen LogP contribution in [0.3, 0.4) is 0 Å². The van der Waals surface area contributed by atoms with Gasteiger partial charge in [0, 0.05) is 7.05 Å². The molecule has 0 spiro atoms. The van der Waals surface area contributed by atoms with Gasteiger partial charge in [-0.1, -0.05) is 24.3 Å². The first kappa shape index (κ1) is 12.7. The predicted molar refractivity (Wildman–Crippen MR) is 75.6 cm³/mol. The molecule has 0 bridgehead atoms. The Balaban J connectivity index is 1.93. The van der Waals surface area contributed by atoms with Crippen molar-refractivity contribution in [2.24, 2.45) is 7.05 Å². The number of anilines is 1. The summed E-state index contributed by atoms with van der Waals surface area (Å²) >= 11 is 0. The molecule has 0 aliphatic heterocycles. The lowest BCUT2D eigenvalue weighted by Gasteiger charge is -2.26. The highest BCUT2D eigenvalue weighted by Crippen LogP contribution is 2.34. The molecule has 3 rings (SSSR count). The second-order valence-corrected chi connectivity index (χ2v) is 5.07. The van der Waals surface area contributed by atoms with E-state index in [2.05, 4.69) is 22.4 Å². The number of imidazole rings is 1. The summed E-state index contributed by atoms with van der Waals surface area (Å²) in [4.78, 5) is 14.4. The zero-order chi connectivity index (χ0) is 14.1. The van der Waals surface area contributed by atoms with Gasteiger partial charge < -0.3 is 15.4 Å². The van der Waals surface area contributed by atoms with Crippen molar-refractivity contribution in [1.29, 1.82) is 0 Å². The van der Waals surface area contributed by atoms with Crippen molar-refractivity contribution in [2.45, 2.75) is 25.3 Å². The van der Waals surface area contributed by atoms with Crippen LogP contribution in [0.15, 0.2) is 30.6 Å². The fraction of sp³-hybridized carbons (Fsp3) is 0.357. The van der Waals surface area contributed by atoms with E-state index in [9.17, 15) is 10.1 Å². The highest BCUT2D eigenvalue weighted by Gasteiger charge is 2.26. The number of nitrogens with zero attached hydrogens (tertiary/aromatic N) is 3. The van der Waals surface area contributed by atoms with Crippen LogP contribution in [0.5, 0.6) is 0 Å². The van der Waals surface area contributed by atoms with E-state index < -0.39 is 4.92 Å². The third kappa shape index (κ3) is 2.13. The maximum Gasteiger partial charge on any atom is 0.406 e. The first-order valence-corrected chi connectivity index (χ1v) is 6.67. The van der Waals surface area contributed by atoms with Crippen LogP contribution in [0.2, 0.25) is 0 Å². The standard InChI is InChI=1S/C14H16N4O2/c1-17-9-15-13(18(19)20)14(17)16-12-8-4-6-10-5-2-3-7-11(10)12/h2-3,5,7,9,12,16H,4,6,8H2,1H3. The van der Waals surface area contributed by atoms with Gasteiger partial charge >= 0.3 is 5.82 Å². The van der Waals surface area contributed by atoms with E-state index in [4.69, 9.17) is 0 Å². The van der Waals surface area contributed by atoms with Gasteiger partial charge in [-0.15, -0.1) is 0 Å². The summed E-state index contributed by atoms with van der Waals surface area (Å²) in [5, 5.41) is 14.3. The Kier molecular flexibility index (Phi) is 3.14. The summed E-state index contributed by atoms with van der Waals surface area (Å²) in [6.07, 6.45) is 4.59. The van der Waals surface area contributed by atoms with Gasteiger partial charge in [0.25, 0.3) is 0 Å². The van der Waals surface area contributed by atoms with Crippen LogP contribution in [0, 0.1) is 10.1 Å². The first-order chi connectivity index (χ1) is 9.66. The molecule has 6 heteroatoms. The normalized spacial score (nSPS) is 17.6. The number of aromatic nitrogens is 2. The number of benzene rings is 1. The van der Waals surface area contributed by atoms with Gasteiger partial charge in [-0.25, -0.2) is 0 Å². The molecule has 1 N–H and O–H groups in total. The largest absolute Gasteiger partial charge is 0.406 e. The minimum absolute atomic E-state index is 0.106. The van der Waals surface area contributed by atoms with Crippen molar-refractivity contribution in [3.8, 4) is 0 Å². The minimum atomic E-state index is -0.447. The average molecular weight is 272 g/mol. The lowest BCUT2D eigenvalue weighted by atomic mass is 9.88. The van der Waals surface area contributed by atoms with Crippen LogP contribution in [-0.4, -0.2) is 14.5 Å². The molecule has 1 aromatic heterocycles. The zero-order valence-corrected chi connectivity index (χ0v) is 11.2. The molecule has 6 nitrogen and oxygen atoms in total. The fourth-order valence-corrected chi connectivity index (χ4v) is 2.79. The topological polar surface area (TPSA) is 73.0 Å². The van der Waals surface area contributed by atoms with Crippen LogP contribution < -0.4 is 5.32 Å². The molecule has 1 aromatic carbocycles. The maximum absolute atomic E-state index is 11.0. The van der Waals surface area contributed by atoms with E-state index in [0.717, 1.165) is 19.3 Å². The third-order valence-corrected chi connectivity index (χ3v) is 3.77. The molecule has 2 aromatic rings. The summed E-state index contributed by atoms with van der Waals surface area (Å²) in [5.74, 6) is 0.354. The predicted octanol–water partition coefficient (Wildman–Crippen LogP) is 2.82. The van der Waals surface area contributed by atoms with Gasteiger partial charge in [-0.3, -0.25) is 4.57 Å². The van der Waals surface area contributed by atoms with E-state index in [1.807, 2.05) is 12.1 Å². The number of rotatable bonds is 3. The Hall–Kier alpha value is -2.37. The Bertz CT molecular complexity index is 650. The van der Waals surface area contributed by atoms with Gasteiger partial charge in [0.1, 0.15) is 0 Å². The SMILES string of the molecule is Cn1cnc([N+](=O)[O-])c1NC1CCCc2ccccc21. The summed E-state index contributed by atoms with van der Waals surface area (Å²) in [6.45, 7) is 0. The molecule has 1 aliphatic carbocycles. The highest BCUT2D eigenvalue weighted by atomic mass is 16.6. The van der Waals surface area contributed by atoms with Crippen LogP contribution >= 0.6 is 0 Å². The fourth-order valence-electron chi connectivity index (χ4n) is 2.79. The monoisotopic (exact) mass is 272 g/mol. The van der Waals surface area contributed by atoms with Gasteiger partial charge in [0.2, 0.25) is 12.1 Å². The number of hydrogen-bond donors (Lipinski definition) is 1. The van der Waals surface area contributed by atoms with E-state index in [0.29, 0.717) is 5.82 Å². The third-order valence-electron chi connectivity index (χ3n) is 3.77. The second kappa shape index (κ2) is 4.96. The molecule has 0 saturated carbocycles. The van der Waals surface area contributed by atoms with Crippen molar-refractivity contribution in [3.63, 3.8) is 0 Å². The van der Waals surface area contributed by atoms with Gasteiger partial charge in [-0.2, -0.15) is 0 Å². The van der Waals surface area contributed by atoms with Crippen molar-refractivity contribution in [1.82, 2.24) is 9.55 Å². The van der Waals surface area contributed by atoms with Crippen molar-refractivity contribution < 1.29 is 4.92 Å². The Morgan fingerprint density at radius 3 is 3.05 bits per heavy atom. The first-order valence-electron chi connectivity index (χ1n) is 6.67. The Morgan fingerprint density at radius 1 is 1.45 bits per heavy atom. The maximum atomic E-state index is 11.0. The molecule has 1 heterocycles. The summed E-state index contributed by atoms with van der Waals surface area (Å²) in [7, 11) is 1.76. The molecular weight excluding hydrogens is 256 g/mol. The molecule has 1 unspecified atom stereocenters. The van der Waals surface area contributed by atoms with E-state index >= 15 is 0 Å². The van der Waals surface area contributed by atoms with Crippen LogP contribution in [0.1, 0.15) is 30.0 Å². The Labute approximate surface area is 116 Å². The molecule has 0 fully saturated rings. The van der Waals surface area contributed by atoms with Gasteiger partial charge in [-0.05, 0) is 40.3 Å². The zero-order valence-electron chi connectivity index (χ0n) is 11.2. The molecule has 0 amide bonds. The number of nitrogens with one attached hydrogen (secondary N) is 1. The van der Waals surface area contributed by atoms with Crippen molar-refractivity contribution in [3.05, 3.63) is 51.8 Å². The molecule has 0 saturated heterocycles. The highest BCUT2D eigenvalue weighted by molar-refractivity contribution is 5.54. The minimum Gasteiger partial charge on any atom is -0.358 e. The van der Waals surface area contributed by atoms with Crippen molar-refractivity contribution >= 4 is 11.6 Å². The number of aryl methyl sites for hydroxylation is 2. The lowest BCUT2D eigenvalue weighted by molar-refractivity contribution is -0.388. The van der Waals surface area contributed by atoms with E-state index in [1.54, 1.807) is 11.6 Å². The molecular formula is C14H16N4O2. The number of nitro groups is 1. The summed E-state index contributed by atoms with van der Waals surface area (Å²) in [6, 6.07) is 8.37. The van der Waals surface area contributed by atoms with Crippen molar-refractivity contribution in [2.75, 3.05) is 5.32 Å². The van der Waals surface area contributed by atoms with E-state index in [-0.39, 0.29) is 11.9 Å². The quantitative estimate of drug-likeness (QED) is 0.688. The number of hydrogen-bond acceptors (Lipinski definition) is 4. The van der Waals surface area contributed by atoms with E-state index in [1.165, 1.54) is 17.5 Å². The smallest absolute Gasteiger partial charge is 0.358 e. The average Bonchev–Trinajstić information content (AvgIpc) is 2.81. The lowest BCUT2D eigenvalue weighted by Crippen LogP contribution is -2.19. The molecule has 1 aliphatic rings. The molecule has 0 radical (unpaired) electrons. The molecule has 1 atom stereocenters.